The van der Waals surface area contributed by atoms with Crippen molar-refractivity contribution < 1.29 is 14.1 Å². The molecule has 0 radical (unpaired) electrons. The number of thioether (sulfide) groups is 1. The number of aromatic nitrogens is 2. The molecule has 0 bridgehead atoms. The maximum absolute atomic E-state index is 13.3. The Morgan fingerprint density at radius 3 is 2.82 bits per heavy atom. The van der Waals surface area contributed by atoms with E-state index >= 15 is 0 Å². The Morgan fingerprint density at radius 2 is 2.07 bits per heavy atom. The van der Waals surface area contributed by atoms with Crippen LogP contribution in [0.25, 0.3) is 0 Å². The number of nitro groups is 1. The van der Waals surface area contributed by atoms with E-state index in [1.807, 2.05) is 31.2 Å². The minimum absolute atomic E-state index is 0.0320. The highest BCUT2D eigenvalue weighted by Gasteiger charge is 2.16. The van der Waals surface area contributed by atoms with Crippen LogP contribution in [0.2, 0.25) is 0 Å². The van der Waals surface area contributed by atoms with Crippen molar-refractivity contribution in [3.63, 3.8) is 0 Å². The lowest BCUT2D eigenvalue weighted by molar-refractivity contribution is -0.387. The second-order valence-electron chi connectivity index (χ2n) is 5.63. The maximum Gasteiger partial charge on any atom is 0.306 e. The molecule has 3 rings (SSSR count). The van der Waals surface area contributed by atoms with Crippen molar-refractivity contribution in [1.29, 1.82) is 0 Å². The van der Waals surface area contributed by atoms with Gasteiger partial charge in [0, 0.05) is 17.4 Å². The zero-order valence-corrected chi connectivity index (χ0v) is 16.1. The molecule has 1 amide bonds. The molecule has 2 aromatic carbocycles. The van der Waals surface area contributed by atoms with Crippen LogP contribution in [0.15, 0.2) is 46.8 Å². The number of carbonyl (C=O) groups excluding carboxylic acids is 1. The molecular weight excluding hydrogens is 405 g/mol. The average Bonchev–Trinajstić information content (AvgIpc) is 3.09. The molecule has 1 heterocycles. The van der Waals surface area contributed by atoms with Gasteiger partial charge in [0.2, 0.25) is 16.9 Å². The number of carbonyl (C=O) groups is 1. The number of halogens is 1. The summed E-state index contributed by atoms with van der Waals surface area (Å²) in [6, 6.07) is 11.0. The van der Waals surface area contributed by atoms with E-state index in [-0.39, 0.29) is 11.4 Å². The van der Waals surface area contributed by atoms with Crippen LogP contribution in [0.4, 0.5) is 26.6 Å². The van der Waals surface area contributed by atoms with Gasteiger partial charge in [0.05, 0.1) is 10.7 Å². The molecule has 11 heteroatoms. The fraction of sp³-hybridized carbons (Fsp3) is 0.118. The Bertz CT molecular complexity index is 1030. The summed E-state index contributed by atoms with van der Waals surface area (Å²) in [5.41, 5.74) is 1.46. The predicted octanol–water partition coefficient (Wildman–Crippen LogP) is 4.37. The number of benzene rings is 2. The van der Waals surface area contributed by atoms with Crippen LogP contribution in [0.3, 0.4) is 0 Å². The minimum atomic E-state index is -0.958. The monoisotopic (exact) mass is 419 g/mol. The summed E-state index contributed by atoms with van der Waals surface area (Å²) in [6.45, 7) is 1.99. The number of nitro benzene ring substituents is 1. The van der Waals surface area contributed by atoms with E-state index in [0.29, 0.717) is 9.47 Å². The van der Waals surface area contributed by atoms with Gasteiger partial charge in [0.15, 0.2) is 4.34 Å². The number of hydrogen-bond acceptors (Lipinski definition) is 8. The number of anilines is 3. The predicted molar refractivity (Wildman–Crippen MR) is 107 cm³/mol. The van der Waals surface area contributed by atoms with Gasteiger partial charge in [-0.15, -0.1) is 10.2 Å². The third-order valence-corrected chi connectivity index (χ3v) is 5.40. The van der Waals surface area contributed by atoms with Crippen LogP contribution in [0.5, 0.6) is 0 Å². The first-order valence-corrected chi connectivity index (χ1v) is 9.75. The van der Waals surface area contributed by atoms with Crippen LogP contribution in [0.1, 0.15) is 5.56 Å². The minimum Gasteiger partial charge on any atom is -0.330 e. The first-order valence-electron chi connectivity index (χ1n) is 7.94. The van der Waals surface area contributed by atoms with E-state index in [1.165, 1.54) is 29.2 Å². The summed E-state index contributed by atoms with van der Waals surface area (Å²) in [5, 5.41) is 25.0. The quantitative estimate of drug-likeness (QED) is 0.332. The Balaban J connectivity index is 1.54. The molecule has 0 unspecified atom stereocenters. The topological polar surface area (TPSA) is 110 Å². The second kappa shape index (κ2) is 8.76. The zero-order chi connectivity index (χ0) is 20.1. The third-order valence-electron chi connectivity index (χ3n) is 3.43. The van der Waals surface area contributed by atoms with Gasteiger partial charge in [0.25, 0.3) is 0 Å². The van der Waals surface area contributed by atoms with Crippen LogP contribution >= 0.6 is 23.1 Å². The summed E-state index contributed by atoms with van der Waals surface area (Å²) in [6.07, 6.45) is 0. The summed E-state index contributed by atoms with van der Waals surface area (Å²) < 4.78 is 13.9. The van der Waals surface area contributed by atoms with E-state index in [9.17, 15) is 19.3 Å². The normalized spacial score (nSPS) is 10.5. The lowest BCUT2D eigenvalue weighted by atomic mass is 10.2. The van der Waals surface area contributed by atoms with Crippen LogP contribution in [-0.4, -0.2) is 26.8 Å². The van der Waals surface area contributed by atoms with Gasteiger partial charge in [-0.1, -0.05) is 35.2 Å². The highest BCUT2D eigenvalue weighted by Crippen LogP contribution is 2.28. The first kappa shape index (κ1) is 19.7. The van der Waals surface area contributed by atoms with E-state index in [2.05, 4.69) is 20.8 Å². The standard InChI is InChI=1S/C17H14FN5O3S2/c1-10-3-2-4-11(7-10)20-16-21-22-17(28-16)27-9-15(24)19-12-5-6-13(18)14(8-12)23(25)26/h2-8H,9H2,1H3,(H,19,24)(H,20,21). The lowest BCUT2D eigenvalue weighted by Gasteiger charge is -2.04. The first-order chi connectivity index (χ1) is 13.4. The van der Waals surface area contributed by atoms with Crippen molar-refractivity contribution in [2.45, 2.75) is 11.3 Å². The Morgan fingerprint density at radius 1 is 1.25 bits per heavy atom. The molecule has 28 heavy (non-hydrogen) atoms. The lowest BCUT2D eigenvalue weighted by Crippen LogP contribution is -2.14. The second-order valence-corrected chi connectivity index (χ2v) is 7.83. The fourth-order valence-corrected chi connectivity index (χ4v) is 3.79. The maximum atomic E-state index is 13.3. The van der Waals surface area contributed by atoms with Gasteiger partial charge >= 0.3 is 5.69 Å². The number of amides is 1. The molecule has 144 valence electrons. The molecule has 2 N–H and O–H groups in total. The van der Waals surface area contributed by atoms with E-state index in [0.717, 1.165) is 23.4 Å². The van der Waals surface area contributed by atoms with Crippen molar-refractivity contribution in [3.05, 3.63) is 64.0 Å². The fourth-order valence-electron chi connectivity index (χ4n) is 2.22. The highest BCUT2D eigenvalue weighted by atomic mass is 32.2. The molecule has 0 aliphatic heterocycles. The van der Waals surface area contributed by atoms with Crippen LogP contribution in [0, 0.1) is 22.9 Å². The van der Waals surface area contributed by atoms with Crippen LogP contribution < -0.4 is 10.6 Å². The van der Waals surface area contributed by atoms with Crippen molar-refractivity contribution in [2.75, 3.05) is 16.4 Å². The molecule has 0 aliphatic rings. The van der Waals surface area contributed by atoms with Gasteiger partial charge < -0.3 is 10.6 Å². The summed E-state index contributed by atoms with van der Waals surface area (Å²) in [5.74, 6) is -1.32. The number of rotatable bonds is 7. The SMILES string of the molecule is Cc1cccc(Nc2nnc(SCC(=O)Nc3ccc(F)c([N+](=O)[O-])c3)s2)c1. The van der Waals surface area contributed by atoms with Crippen molar-refractivity contribution >= 4 is 51.2 Å². The van der Waals surface area contributed by atoms with Gasteiger partial charge in [-0.2, -0.15) is 4.39 Å². The molecule has 1 aromatic heterocycles. The molecule has 0 spiro atoms. The van der Waals surface area contributed by atoms with E-state index < -0.39 is 22.3 Å². The number of aryl methyl sites for hydroxylation is 1. The van der Waals surface area contributed by atoms with Crippen LogP contribution in [-0.2, 0) is 4.79 Å². The third kappa shape index (κ3) is 5.24. The largest absolute Gasteiger partial charge is 0.330 e. The number of nitrogens with one attached hydrogen (secondary N) is 2. The Labute approximate surface area is 167 Å². The number of hydrogen-bond donors (Lipinski definition) is 2. The van der Waals surface area contributed by atoms with E-state index in [1.54, 1.807) is 0 Å². The molecular formula is C17H14FN5O3S2. The molecule has 0 saturated heterocycles. The van der Waals surface area contributed by atoms with Gasteiger partial charge in [-0.25, -0.2) is 0 Å². The molecule has 0 atom stereocenters. The molecule has 8 nitrogen and oxygen atoms in total. The van der Waals surface area contributed by atoms with Crippen molar-refractivity contribution in [1.82, 2.24) is 10.2 Å². The van der Waals surface area contributed by atoms with Crippen molar-refractivity contribution in [3.8, 4) is 0 Å². The summed E-state index contributed by atoms with van der Waals surface area (Å²) in [7, 11) is 0. The van der Waals surface area contributed by atoms with E-state index in [4.69, 9.17) is 0 Å². The Kier molecular flexibility index (Phi) is 6.16. The van der Waals surface area contributed by atoms with Gasteiger partial charge in [-0.3, -0.25) is 14.9 Å². The van der Waals surface area contributed by atoms with Gasteiger partial charge in [-0.05, 0) is 36.8 Å². The molecule has 0 fully saturated rings. The highest BCUT2D eigenvalue weighted by molar-refractivity contribution is 8.01. The average molecular weight is 419 g/mol. The Hall–Kier alpha value is -3.05. The number of nitrogens with zero attached hydrogens (tertiary/aromatic N) is 3. The zero-order valence-electron chi connectivity index (χ0n) is 14.5. The molecule has 0 saturated carbocycles. The van der Waals surface area contributed by atoms with Crippen molar-refractivity contribution in [2.24, 2.45) is 0 Å². The summed E-state index contributed by atoms with van der Waals surface area (Å²) >= 11 is 2.48. The molecule has 0 aliphatic carbocycles. The van der Waals surface area contributed by atoms with Gasteiger partial charge in [0.1, 0.15) is 0 Å². The smallest absolute Gasteiger partial charge is 0.306 e. The summed E-state index contributed by atoms with van der Waals surface area (Å²) in [4.78, 5) is 21.9. The molecule has 3 aromatic rings.